The second kappa shape index (κ2) is 12.4. The molecular weight excluding hydrogens is 516 g/mol. The van der Waals surface area contributed by atoms with Crippen LogP contribution < -0.4 is 10.1 Å². The Labute approximate surface area is 222 Å². The standard InChI is InChI=1S/C30H35BrN2O3/c1-3-26(30(35)32-24-14-5-4-6-15-24)33(19-23-13-8-7-11-21(23)2)28(34)20-36-27-18-17-22-12-9-10-16-25(22)29(27)31/h7-13,16-18,24,26H,3-6,14-15,19-20H2,1-2H3,(H,32,35). The highest BCUT2D eigenvalue weighted by atomic mass is 79.9. The molecule has 1 aliphatic rings. The molecule has 36 heavy (non-hydrogen) atoms. The van der Waals surface area contributed by atoms with Gasteiger partial charge in [0, 0.05) is 12.6 Å². The van der Waals surface area contributed by atoms with Crippen LogP contribution in [0.25, 0.3) is 10.8 Å². The number of aryl methyl sites for hydroxylation is 1. The fraction of sp³-hybridized carbons (Fsp3) is 0.400. The zero-order valence-electron chi connectivity index (χ0n) is 21.1. The molecule has 3 aromatic carbocycles. The topological polar surface area (TPSA) is 58.6 Å². The monoisotopic (exact) mass is 550 g/mol. The predicted molar refractivity (Wildman–Crippen MR) is 148 cm³/mol. The largest absolute Gasteiger partial charge is 0.483 e. The Morgan fingerprint density at radius 2 is 1.75 bits per heavy atom. The highest BCUT2D eigenvalue weighted by molar-refractivity contribution is 9.10. The summed E-state index contributed by atoms with van der Waals surface area (Å²) < 4.78 is 6.83. The number of nitrogens with zero attached hydrogens (tertiary/aromatic N) is 1. The Hall–Kier alpha value is -2.86. The molecule has 0 radical (unpaired) electrons. The molecule has 2 amide bonds. The molecule has 1 aliphatic carbocycles. The van der Waals surface area contributed by atoms with Crippen LogP contribution in [0.3, 0.4) is 0 Å². The third-order valence-corrected chi connectivity index (χ3v) is 7.94. The summed E-state index contributed by atoms with van der Waals surface area (Å²) in [5, 5.41) is 5.35. The second-order valence-corrected chi connectivity index (χ2v) is 10.4. The lowest BCUT2D eigenvalue weighted by molar-refractivity contribution is -0.143. The van der Waals surface area contributed by atoms with Gasteiger partial charge in [0.15, 0.2) is 6.61 Å². The first kappa shape index (κ1) is 26.2. The summed E-state index contributed by atoms with van der Waals surface area (Å²) in [6, 6.07) is 19.5. The van der Waals surface area contributed by atoms with E-state index in [9.17, 15) is 9.59 Å². The lowest BCUT2D eigenvalue weighted by Crippen LogP contribution is -2.52. The van der Waals surface area contributed by atoms with E-state index in [2.05, 4.69) is 21.2 Å². The smallest absolute Gasteiger partial charge is 0.261 e. The van der Waals surface area contributed by atoms with E-state index >= 15 is 0 Å². The Morgan fingerprint density at radius 1 is 1.03 bits per heavy atom. The summed E-state index contributed by atoms with van der Waals surface area (Å²) in [7, 11) is 0. The number of amides is 2. The fourth-order valence-corrected chi connectivity index (χ4v) is 5.59. The van der Waals surface area contributed by atoms with Crippen molar-refractivity contribution in [1.82, 2.24) is 10.2 Å². The summed E-state index contributed by atoms with van der Waals surface area (Å²) in [6.07, 6.45) is 6.06. The molecular formula is C30H35BrN2O3. The third kappa shape index (κ3) is 6.28. The number of hydrogen-bond donors (Lipinski definition) is 1. The van der Waals surface area contributed by atoms with E-state index in [1.165, 1.54) is 6.42 Å². The van der Waals surface area contributed by atoms with Gasteiger partial charge in [-0.2, -0.15) is 0 Å². The number of carbonyl (C=O) groups excluding carboxylic acids is 2. The van der Waals surface area contributed by atoms with E-state index < -0.39 is 6.04 Å². The molecule has 6 heteroatoms. The van der Waals surface area contributed by atoms with Gasteiger partial charge in [-0.25, -0.2) is 0 Å². The number of halogens is 1. The first-order valence-corrected chi connectivity index (χ1v) is 13.7. The van der Waals surface area contributed by atoms with Crippen molar-refractivity contribution in [1.29, 1.82) is 0 Å². The average Bonchev–Trinajstić information content (AvgIpc) is 2.90. The lowest BCUT2D eigenvalue weighted by Gasteiger charge is -2.33. The first-order chi connectivity index (χ1) is 17.5. The molecule has 5 nitrogen and oxygen atoms in total. The van der Waals surface area contributed by atoms with Gasteiger partial charge in [0.2, 0.25) is 5.91 Å². The number of hydrogen-bond acceptors (Lipinski definition) is 3. The van der Waals surface area contributed by atoms with E-state index in [-0.39, 0.29) is 24.5 Å². The molecule has 0 heterocycles. The summed E-state index contributed by atoms with van der Waals surface area (Å²) in [6.45, 7) is 4.22. The summed E-state index contributed by atoms with van der Waals surface area (Å²) >= 11 is 3.64. The lowest BCUT2D eigenvalue weighted by atomic mass is 9.95. The molecule has 0 bridgehead atoms. The van der Waals surface area contributed by atoms with Gasteiger partial charge in [-0.1, -0.05) is 80.8 Å². The third-order valence-electron chi connectivity index (χ3n) is 7.12. The zero-order valence-corrected chi connectivity index (χ0v) is 22.7. The quantitative estimate of drug-likeness (QED) is 0.328. The summed E-state index contributed by atoms with van der Waals surface area (Å²) in [4.78, 5) is 28.7. The van der Waals surface area contributed by atoms with Gasteiger partial charge in [-0.15, -0.1) is 0 Å². The summed E-state index contributed by atoms with van der Waals surface area (Å²) in [5.41, 5.74) is 2.12. The molecule has 190 valence electrons. The number of benzene rings is 3. The minimum atomic E-state index is -0.553. The second-order valence-electron chi connectivity index (χ2n) is 9.60. The van der Waals surface area contributed by atoms with E-state index in [1.54, 1.807) is 4.90 Å². The van der Waals surface area contributed by atoms with Crippen molar-refractivity contribution >= 4 is 38.5 Å². The van der Waals surface area contributed by atoms with Crippen LogP contribution in [0.2, 0.25) is 0 Å². The minimum absolute atomic E-state index is 0.0711. The molecule has 0 saturated heterocycles. The molecule has 1 unspecified atom stereocenters. The normalized spacial score (nSPS) is 14.9. The van der Waals surface area contributed by atoms with Crippen molar-refractivity contribution in [3.8, 4) is 5.75 Å². The van der Waals surface area contributed by atoms with Crippen molar-refractivity contribution in [3.05, 3.63) is 76.3 Å². The Bertz CT molecular complexity index is 1210. The molecule has 3 aromatic rings. The van der Waals surface area contributed by atoms with Crippen LogP contribution in [0.5, 0.6) is 5.75 Å². The van der Waals surface area contributed by atoms with Crippen LogP contribution in [-0.4, -0.2) is 35.4 Å². The Balaban J connectivity index is 1.54. The maximum atomic E-state index is 13.6. The van der Waals surface area contributed by atoms with Crippen LogP contribution in [0.15, 0.2) is 65.1 Å². The fourth-order valence-electron chi connectivity index (χ4n) is 4.98. The number of rotatable bonds is 9. The molecule has 1 atom stereocenters. The molecule has 0 aliphatic heterocycles. The van der Waals surface area contributed by atoms with Crippen molar-refractivity contribution in [2.75, 3.05) is 6.61 Å². The first-order valence-electron chi connectivity index (χ1n) is 12.9. The van der Waals surface area contributed by atoms with Gasteiger partial charge >= 0.3 is 0 Å². The van der Waals surface area contributed by atoms with Crippen molar-refractivity contribution in [3.63, 3.8) is 0 Å². The predicted octanol–water partition coefficient (Wildman–Crippen LogP) is 6.55. The molecule has 0 aromatic heterocycles. The van der Waals surface area contributed by atoms with Crippen LogP contribution in [0.4, 0.5) is 0 Å². The van der Waals surface area contributed by atoms with Crippen LogP contribution in [0, 0.1) is 6.92 Å². The highest BCUT2D eigenvalue weighted by Crippen LogP contribution is 2.33. The average molecular weight is 552 g/mol. The number of carbonyl (C=O) groups is 2. The Morgan fingerprint density at radius 3 is 2.50 bits per heavy atom. The molecule has 1 N–H and O–H groups in total. The maximum Gasteiger partial charge on any atom is 0.261 e. The Kier molecular flexibility index (Phi) is 9.03. The summed E-state index contributed by atoms with van der Waals surface area (Å²) in [5.74, 6) is 0.333. The van der Waals surface area contributed by atoms with Crippen LogP contribution in [0.1, 0.15) is 56.6 Å². The minimum Gasteiger partial charge on any atom is -0.483 e. The number of nitrogens with one attached hydrogen (secondary N) is 1. The van der Waals surface area contributed by atoms with Crippen molar-refractivity contribution in [2.24, 2.45) is 0 Å². The van der Waals surface area contributed by atoms with E-state index in [4.69, 9.17) is 4.74 Å². The maximum absolute atomic E-state index is 13.6. The highest BCUT2D eigenvalue weighted by Gasteiger charge is 2.31. The molecule has 1 saturated carbocycles. The molecule has 1 fully saturated rings. The van der Waals surface area contributed by atoms with Gasteiger partial charge in [0.05, 0.1) is 4.47 Å². The van der Waals surface area contributed by atoms with Gasteiger partial charge in [-0.3, -0.25) is 9.59 Å². The molecule has 0 spiro atoms. The zero-order chi connectivity index (χ0) is 25.5. The van der Waals surface area contributed by atoms with E-state index in [0.717, 1.165) is 52.1 Å². The van der Waals surface area contributed by atoms with Crippen LogP contribution >= 0.6 is 15.9 Å². The van der Waals surface area contributed by atoms with Gasteiger partial charge < -0.3 is 15.0 Å². The van der Waals surface area contributed by atoms with E-state index in [0.29, 0.717) is 18.7 Å². The number of fused-ring (bicyclic) bond motifs is 1. The number of ether oxygens (including phenoxy) is 1. The molecule has 4 rings (SSSR count). The SMILES string of the molecule is CCC(C(=O)NC1CCCCC1)N(Cc1ccccc1C)C(=O)COc1ccc2ccccc2c1Br. The van der Waals surface area contributed by atoms with Gasteiger partial charge in [-0.05, 0) is 70.1 Å². The van der Waals surface area contributed by atoms with Gasteiger partial charge in [0.1, 0.15) is 11.8 Å². The van der Waals surface area contributed by atoms with E-state index in [1.807, 2.05) is 74.5 Å². The van der Waals surface area contributed by atoms with Crippen LogP contribution in [-0.2, 0) is 16.1 Å². The van der Waals surface area contributed by atoms with Crippen molar-refractivity contribution in [2.45, 2.75) is 71.0 Å². The van der Waals surface area contributed by atoms with Crippen molar-refractivity contribution < 1.29 is 14.3 Å². The van der Waals surface area contributed by atoms with Gasteiger partial charge in [0.25, 0.3) is 5.91 Å².